The summed E-state index contributed by atoms with van der Waals surface area (Å²) in [4.78, 5) is 25.7. The lowest BCUT2D eigenvalue weighted by molar-refractivity contribution is 0.0722. The van der Waals surface area contributed by atoms with Gasteiger partial charge in [0, 0.05) is 0 Å². The van der Waals surface area contributed by atoms with Crippen LogP contribution in [0.4, 0.5) is 0 Å². The molecular weight excluding hydrogens is 452 g/mol. The van der Waals surface area contributed by atoms with Crippen LogP contribution in [0, 0.1) is 0 Å². The van der Waals surface area contributed by atoms with E-state index in [1.54, 1.807) is 60.7 Å². The number of carbonyl (C=O) groups excluding carboxylic acids is 2. The Morgan fingerprint density at radius 3 is 1.89 bits per heavy atom. The molecule has 0 aliphatic heterocycles. The lowest BCUT2D eigenvalue weighted by atomic mass is 10.1. The van der Waals surface area contributed by atoms with E-state index in [-0.39, 0.29) is 17.1 Å². The second-order valence-electron chi connectivity index (χ2n) is 7.10. The molecule has 0 radical (unpaired) electrons. The zero-order valence-corrected chi connectivity index (χ0v) is 20.1. The number of carbonyl (C=O) groups is 2. The second kappa shape index (κ2) is 11.6. The maximum Gasteiger partial charge on any atom is 0.351 e. The summed E-state index contributed by atoms with van der Waals surface area (Å²) in [6, 6.07) is 14.9. The fraction of sp³-hybridized carbons (Fsp3) is 0.185. The van der Waals surface area contributed by atoms with Crippen molar-refractivity contribution in [2.24, 2.45) is 0 Å². The van der Waals surface area contributed by atoms with Crippen molar-refractivity contribution in [3.63, 3.8) is 0 Å². The molecule has 0 aliphatic rings. The molecule has 0 saturated heterocycles. The Morgan fingerprint density at radius 2 is 1.29 bits per heavy atom. The van der Waals surface area contributed by atoms with Crippen molar-refractivity contribution >= 4 is 17.8 Å². The van der Waals surface area contributed by atoms with Gasteiger partial charge in [-0.15, -0.1) is 0 Å². The van der Waals surface area contributed by atoms with Crippen LogP contribution in [0.5, 0.6) is 34.5 Å². The molecule has 0 heterocycles. The molecule has 0 saturated carbocycles. The van der Waals surface area contributed by atoms with E-state index in [0.29, 0.717) is 39.9 Å². The molecule has 0 fully saturated rings. The Kier molecular flexibility index (Phi) is 8.34. The minimum Gasteiger partial charge on any atom is -0.497 e. The van der Waals surface area contributed by atoms with E-state index in [9.17, 15) is 9.59 Å². The molecule has 3 aromatic rings. The summed E-state index contributed by atoms with van der Waals surface area (Å²) in [6.07, 6.45) is 3.04. The van der Waals surface area contributed by atoms with E-state index >= 15 is 0 Å². The molecular formula is C27H26O8. The van der Waals surface area contributed by atoms with Crippen molar-refractivity contribution in [2.45, 2.75) is 0 Å². The maximum atomic E-state index is 12.9. The summed E-state index contributed by atoms with van der Waals surface area (Å²) in [7, 11) is 7.38. The summed E-state index contributed by atoms with van der Waals surface area (Å²) in [5.74, 6) is 1.19. The third kappa shape index (κ3) is 5.73. The van der Waals surface area contributed by atoms with E-state index in [2.05, 4.69) is 0 Å². The highest BCUT2D eigenvalue weighted by molar-refractivity contribution is 6.09. The maximum absolute atomic E-state index is 12.9. The number of hydrogen-bond acceptors (Lipinski definition) is 8. The van der Waals surface area contributed by atoms with E-state index in [4.69, 9.17) is 28.4 Å². The molecule has 8 nitrogen and oxygen atoms in total. The highest BCUT2D eigenvalue weighted by Gasteiger charge is 2.22. The monoisotopic (exact) mass is 478 g/mol. The topological polar surface area (TPSA) is 89.5 Å². The molecule has 0 unspecified atom stereocenters. The molecule has 0 atom stereocenters. The van der Waals surface area contributed by atoms with Crippen molar-refractivity contribution < 1.29 is 38.0 Å². The Labute approximate surface area is 203 Å². The van der Waals surface area contributed by atoms with Crippen LogP contribution >= 0.6 is 0 Å². The minimum absolute atomic E-state index is 0.154. The molecule has 0 bridgehead atoms. The van der Waals surface area contributed by atoms with Crippen LogP contribution in [0.2, 0.25) is 0 Å². The van der Waals surface area contributed by atoms with Crippen LogP contribution in [-0.4, -0.2) is 47.3 Å². The quantitative estimate of drug-likeness (QED) is 0.177. The number of benzene rings is 3. The average Bonchev–Trinajstić information content (AvgIpc) is 2.90. The van der Waals surface area contributed by atoms with Gasteiger partial charge >= 0.3 is 5.97 Å². The Balaban J connectivity index is 1.84. The van der Waals surface area contributed by atoms with Crippen LogP contribution in [0.15, 0.2) is 60.7 Å². The van der Waals surface area contributed by atoms with Crippen LogP contribution in [0.3, 0.4) is 0 Å². The smallest absolute Gasteiger partial charge is 0.351 e. The largest absolute Gasteiger partial charge is 0.497 e. The summed E-state index contributed by atoms with van der Waals surface area (Å²) >= 11 is 0. The SMILES string of the molecule is COc1ccc(OC)c(C(=O)C=Cc2ccc(OC(=O)c3c(OC)cccc3OC)c(OC)c2)c1. The molecule has 0 amide bonds. The number of rotatable bonds is 10. The van der Waals surface area contributed by atoms with Gasteiger partial charge in [0.15, 0.2) is 17.3 Å². The molecule has 182 valence electrons. The van der Waals surface area contributed by atoms with E-state index < -0.39 is 5.97 Å². The molecule has 3 rings (SSSR count). The van der Waals surface area contributed by atoms with Gasteiger partial charge in [0.2, 0.25) is 0 Å². The first kappa shape index (κ1) is 25.2. The van der Waals surface area contributed by atoms with E-state index in [0.717, 1.165) is 0 Å². The van der Waals surface area contributed by atoms with Crippen molar-refractivity contribution in [3.8, 4) is 34.5 Å². The van der Waals surface area contributed by atoms with Crippen LogP contribution in [0.1, 0.15) is 26.3 Å². The molecule has 0 aromatic heterocycles. The normalized spacial score (nSPS) is 10.5. The predicted molar refractivity (Wildman–Crippen MR) is 130 cm³/mol. The highest BCUT2D eigenvalue weighted by Crippen LogP contribution is 2.33. The fourth-order valence-corrected chi connectivity index (χ4v) is 3.34. The van der Waals surface area contributed by atoms with Gasteiger partial charge in [-0.05, 0) is 54.1 Å². The van der Waals surface area contributed by atoms with Gasteiger partial charge in [-0.1, -0.05) is 18.2 Å². The number of methoxy groups -OCH3 is 5. The summed E-state index contributed by atoms with van der Waals surface area (Å²) in [5, 5.41) is 0. The number of esters is 1. The number of ketones is 1. The first-order valence-electron chi connectivity index (χ1n) is 10.5. The fourth-order valence-electron chi connectivity index (χ4n) is 3.34. The van der Waals surface area contributed by atoms with Gasteiger partial charge in [0.1, 0.15) is 28.6 Å². The number of allylic oxidation sites excluding steroid dienone is 1. The van der Waals surface area contributed by atoms with Crippen molar-refractivity contribution in [3.05, 3.63) is 77.4 Å². The van der Waals surface area contributed by atoms with Gasteiger partial charge in [0.25, 0.3) is 0 Å². The predicted octanol–water partition coefficient (Wildman–Crippen LogP) is 4.84. The molecule has 0 N–H and O–H groups in total. The molecule has 0 spiro atoms. The zero-order chi connectivity index (χ0) is 25.4. The van der Waals surface area contributed by atoms with Crippen LogP contribution in [-0.2, 0) is 0 Å². The Bertz CT molecular complexity index is 1220. The van der Waals surface area contributed by atoms with E-state index in [1.165, 1.54) is 41.6 Å². The average molecular weight is 478 g/mol. The second-order valence-corrected chi connectivity index (χ2v) is 7.10. The van der Waals surface area contributed by atoms with Crippen LogP contribution < -0.4 is 28.4 Å². The number of ether oxygens (including phenoxy) is 6. The lowest BCUT2D eigenvalue weighted by Gasteiger charge is -2.14. The Hall–Kier alpha value is -4.46. The standard InChI is InChI=1S/C27H26O8/c1-30-18-11-14-21(31-2)19(16-18)20(28)12-9-17-10-13-22(25(15-17)34-5)35-27(29)26-23(32-3)7-6-8-24(26)33-4/h6-16H,1-5H3. The minimum atomic E-state index is -0.666. The molecule has 8 heteroatoms. The number of hydrogen-bond donors (Lipinski definition) is 0. The van der Waals surface area contributed by atoms with Crippen LogP contribution in [0.25, 0.3) is 6.08 Å². The lowest BCUT2D eigenvalue weighted by Crippen LogP contribution is -2.12. The van der Waals surface area contributed by atoms with Crippen molar-refractivity contribution in [1.82, 2.24) is 0 Å². The summed E-state index contributed by atoms with van der Waals surface area (Å²) < 4.78 is 32.0. The first-order valence-corrected chi connectivity index (χ1v) is 10.5. The third-order valence-corrected chi connectivity index (χ3v) is 5.12. The third-order valence-electron chi connectivity index (χ3n) is 5.12. The molecule has 3 aromatic carbocycles. The van der Waals surface area contributed by atoms with E-state index in [1.807, 2.05) is 0 Å². The van der Waals surface area contributed by atoms with Gasteiger partial charge in [-0.2, -0.15) is 0 Å². The van der Waals surface area contributed by atoms with Gasteiger partial charge in [-0.25, -0.2) is 4.79 Å². The summed E-state index contributed by atoms with van der Waals surface area (Å²) in [6.45, 7) is 0. The Morgan fingerprint density at radius 1 is 0.657 bits per heavy atom. The van der Waals surface area contributed by atoms with Gasteiger partial charge in [-0.3, -0.25) is 4.79 Å². The van der Waals surface area contributed by atoms with Gasteiger partial charge in [0.05, 0.1) is 41.1 Å². The molecule has 0 aliphatic carbocycles. The first-order chi connectivity index (χ1) is 16.9. The van der Waals surface area contributed by atoms with Gasteiger partial charge < -0.3 is 28.4 Å². The highest BCUT2D eigenvalue weighted by atomic mass is 16.6. The molecule has 35 heavy (non-hydrogen) atoms. The zero-order valence-electron chi connectivity index (χ0n) is 20.1. The van der Waals surface area contributed by atoms with Crippen molar-refractivity contribution in [1.29, 1.82) is 0 Å². The van der Waals surface area contributed by atoms with Crippen molar-refractivity contribution in [2.75, 3.05) is 35.5 Å². The summed E-state index contributed by atoms with van der Waals surface area (Å²) in [5.41, 5.74) is 1.18.